The number of amides is 2. The van der Waals surface area contributed by atoms with Crippen molar-refractivity contribution in [3.05, 3.63) is 75.3 Å². The average Bonchev–Trinajstić information content (AvgIpc) is 3.24. The minimum Gasteiger partial charge on any atom is -0.340 e. The van der Waals surface area contributed by atoms with Crippen molar-refractivity contribution in [1.29, 1.82) is 0 Å². The van der Waals surface area contributed by atoms with Gasteiger partial charge < -0.3 is 10.6 Å². The monoisotopic (exact) mass is 356 g/mol. The van der Waals surface area contributed by atoms with Crippen molar-refractivity contribution in [1.82, 2.24) is 5.32 Å². The van der Waals surface area contributed by atoms with E-state index in [4.69, 9.17) is 0 Å². The number of anilines is 1. The number of benzene rings is 1. The molecule has 24 heavy (non-hydrogen) atoms. The largest absolute Gasteiger partial charge is 0.340 e. The standard InChI is InChI=1S/C18H16N2O2S2/c1-12(21)19-16-10-9-15(24-16)18(22)20-17(14-8-5-11-23-14)13-6-3-2-4-7-13/h2-11,17H,1H3,(H,19,21)(H,20,22). The first-order valence-corrected chi connectivity index (χ1v) is 9.10. The van der Waals surface area contributed by atoms with Crippen LogP contribution in [0.25, 0.3) is 0 Å². The topological polar surface area (TPSA) is 58.2 Å². The lowest BCUT2D eigenvalue weighted by Gasteiger charge is -2.17. The lowest BCUT2D eigenvalue weighted by molar-refractivity contribution is -0.114. The summed E-state index contributed by atoms with van der Waals surface area (Å²) in [7, 11) is 0. The number of hydrogen-bond donors (Lipinski definition) is 2. The van der Waals surface area contributed by atoms with E-state index in [1.54, 1.807) is 23.5 Å². The molecule has 0 spiro atoms. The van der Waals surface area contributed by atoms with Gasteiger partial charge >= 0.3 is 0 Å². The molecule has 0 aliphatic heterocycles. The lowest BCUT2D eigenvalue weighted by Crippen LogP contribution is -2.28. The molecular weight excluding hydrogens is 340 g/mol. The van der Waals surface area contributed by atoms with E-state index >= 15 is 0 Å². The molecule has 3 rings (SSSR count). The minimum atomic E-state index is -0.190. The van der Waals surface area contributed by atoms with Gasteiger partial charge in [-0.1, -0.05) is 36.4 Å². The summed E-state index contributed by atoms with van der Waals surface area (Å²) in [6.07, 6.45) is 0. The molecule has 6 heteroatoms. The van der Waals surface area contributed by atoms with Crippen LogP contribution in [0.15, 0.2) is 60.0 Å². The highest BCUT2D eigenvalue weighted by Crippen LogP contribution is 2.28. The fourth-order valence-corrected chi connectivity index (χ4v) is 3.98. The maximum absolute atomic E-state index is 12.6. The Morgan fingerprint density at radius 2 is 1.79 bits per heavy atom. The van der Waals surface area contributed by atoms with Crippen LogP contribution in [0.5, 0.6) is 0 Å². The van der Waals surface area contributed by atoms with E-state index in [0.717, 1.165) is 10.4 Å². The van der Waals surface area contributed by atoms with Gasteiger partial charge in [0, 0.05) is 11.8 Å². The Bertz CT molecular complexity index is 826. The van der Waals surface area contributed by atoms with Gasteiger partial charge in [-0.15, -0.1) is 22.7 Å². The molecule has 0 bridgehead atoms. The van der Waals surface area contributed by atoms with E-state index in [0.29, 0.717) is 9.88 Å². The number of rotatable bonds is 5. The molecule has 2 amide bonds. The van der Waals surface area contributed by atoms with Gasteiger partial charge in [-0.25, -0.2) is 0 Å². The zero-order valence-electron chi connectivity index (χ0n) is 13.0. The fraction of sp³-hybridized carbons (Fsp3) is 0.111. The van der Waals surface area contributed by atoms with Crippen LogP contribution in [0.3, 0.4) is 0 Å². The number of hydrogen-bond acceptors (Lipinski definition) is 4. The summed E-state index contributed by atoms with van der Waals surface area (Å²) in [6.45, 7) is 1.45. The molecular formula is C18H16N2O2S2. The minimum absolute atomic E-state index is 0.149. The summed E-state index contributed by atoms with van der Waals surface area (Å²) < 4.78 is 0. The SMILES string of the molecule is CC(=O)Nc1ccc(C(=O)NC(c2ccccc2)c2cccs2)s1. The van der Waals surface area contributed by atoms with Crippen LogP contribution in [-0.2, 0) is 4.79 Å². The number of carbonyl (C=O) groups is 2. The van der Waals surface area contributed by atoms with Gasteiger partial charge in [0.05, 0.1) is 15.9 Å². The average molecular weight is 356 g/mol. The Morgan fingerprint density at radius 1 is 1.00 bits per heavy atom. The van der Waals surface area contributed by atoms with E-state index in [-0.39, 0.29) is 17.9 Å². The molecule has 0 aliphatic carbocycles. The van der Waals surface area contributed by atoms with Crippen LogP contribution in [0.1, 0.15) is 33.1 Å². The first-order chi connectivity index (χ1) is 11.6. The molecule has 1 atom stereocenters. The van der Waals surface area contributed by atoms with Crippen molar-refractivity contribution in [3.8, 4) is 0 Å². The number of thiophene rings is 2. The van der Waals surface area contributed by atoms with Gasteiger partial charge in [0.1, 0.15) is 0 Å². The summed E-state index contributed by atoms with van der Waals surface area (Å²) in [5.41, 5.74) is 1.03. The second-order valence-electron chi connectivity index (χ2n) is 5.18. The first kappa shape index (κ1) is 16.4. The van der Waals surface area contributed by atoms with Crippen molar-refractivity contribution in [2.75, 3.05) is 5.32 Å². The quantitative estimate of drug-likeness (QED) is 0.716. The summed E-state index contributed by atoms with van der Waals surface area (Å²) in [5, 5.41) is 8.45. The van der Waals surface area contributed by atoms with E-state index in [1.807, 2.05) is 47.8 Å². The fourth-order valence-electron chi connectivity index (χ4n) is 2.32. The van der Waals surface area contributed by atoms with Crippen LogP contribution in [0.4, 0.5) is 5.00 Å². The molecule has 0 aliphatic rings. The van der Waals surface area contributed by atoms with E-state index < -0.39 is 0 Å². The Balaban J connectivity index is 1.81. The summed E-state index contributed by atoms with van der Waals surface area (Å²) >= 11 is 2.87. The number of carbonyl (C=O) groups excluding carboxylic acids is 2. The molecule has 4 nitrogen and oxygen atoms in total. The van der Waals surface area contributed by atoms with Crippen LogP contribution in [-0.4, -0.2) is 11.8 Å². The van der Waals surface area contributed by atoms with Gasteiger partial charge in [0.2, 0.25) is 5.91 Å². The maximum atomic E-state index is 12.6. The smallest absolute Gasteiger partial charge is 0.262 e. The summed E-state index contributed by atoms with van der Waals surface area (Å²) in [5.74, 6) is -0.302. The van der Waals surface area contributed by atoms with Crippen molar-refractivity contribution in [2.45, 2.75) is 13.0 Å². The molecule has 122 valence electrons. The Labute approximate surface area is 148 Å². The normalized spacial score (nSPS) is 11.7. The molecule has 1 aromatic carbocycles. The third-order valence-corrected chi connectivity index (χ3v) is 5.30. The second kappa shape index (κ2) is 7.42. The summed E-state index contributed by atoms with van der Waals surface area (Å²) in [4.78, 5) is 25.4. The predicted molar refractivity (Wildman–Crippen MR) is 98.7 cm³/mol. The molecule has 2 heterocycles. The molecule has 2 N–H and O–H groups in total. The van der Waals surface area contributed by atoms with E-state index in [1.165, 1.54) is 18.3 Å². The zero-order valence-corrected chi connectivity index (χ0v) is 14.6. The van der Waals surface area contributed by atoms with Crippen molar-refractivity contribution < 1.29 is 9.59 Å². The van der Waals surface area contributed by atoms with Crippen LogP contribution < -0.4 is 10.6 Å². The third-order valence-electron chi connectivity index (χ3n) is 3.37. The van der Waals surface area contributed by atoms with Crippen LogP contribution in [0, 0.1) is 0 Å². The second-order valence-corrected chi connectivity index (χ2v) is 7.24. The molecule has 0 saturated heterocycles. The van der Waals surface area contributed by atoms with Crippen molar-refractivity contribution in [2.24, 2.45) is 0 Å². The molecule has 2 aromatic heterocycles. The maximum Gasteiger partial charge on any atom is 0.262 e. The van der Waals surface area contributed by atoms with Crippen molar-refractivity contribution in [3.63, 3.8) is 0 Å². The Morgan fingerprint density at radius 3 is 2.46 bits per heavy atom. The molecule has 0 saturated carbocycles. The highest BCUT2D eigenvalue weighted by molar-refractivity contribution is 7.18. The molecule has 0 radical (unpaired) electrons. The molecule has 3 aromatic rings. The third kappa shape index (κ3) is 3.90. The zero-order chi connectivity index (χ0) is 16.9. The van der Waals surface area contributed by atoms with Crippen LogP contribution in [0.2, 0.25) is 0 Å². The predicted octanol–water partition coefficient (Wildman–Crippen LogP) is 4.29. The summed E-state index contributed by atoms with van der Waals surface area (Å²) in [6, 6.07) is 17.1. The van der Waals surface area contributed by atoms with Gasteiger partial charge in [-0.05, 0) is 29.1 Å². The van der Waals surface area contributed by atoms with Crippen molar-refractivity contribution >= 4 is 39.5 Å². The molecule has 1 unspecified atom stereocenters. The molecule has 0 fully saturated rings. The Kier molecular flexibility index (Phi) is 5.08. The van der Waals surface area contributed by atoms with Gasteiger partial charge in [-0.2, -0.15) is 0 Å². The van der Waals surface area contributed by atoms with Gasteiger partial charge in [0.25, 0.3) is 5.91 Å². The lowest BCUT2D eigenvalue weighted by atomic mass is 10.1. The van der Waals surface area contributed by atoms with Gasteiger partial charge in [-0.3, -0.25) is 9.59 Å². The first-order valence-electron chi connectivity index (χ1n) is 7.40. The van der Waals surface area contributed by atoms with Crippen LogP contribution >= 0.6 is 22.7 Å². The number of nitrogens with one attached hydrogen (secondary N) is 2. The highest BCUT2D eigenvalue weighted by Gasteiger charge is 2.19. The van der Waals surface area contributed by atoms with Gasteiger partial charge in [0.15, 0.2) is 0 Å². The highest BCUT2D eigenvalue weighted by atomic mass is 32.1. The van der Waals surface area contributed by atoms with E-state index in [9.17, 15) is 9.59 Å². The van der Waals surface area contributed by atoms with E-state index in [2.05, 4.69) is 10.6 Å². The Hall–Kier alpha value is -2.44.